The fourth-order valence-corrected chi connectivity index (χ4v) is 2.31. The van der Waals surface area contributed by atoms with Crippen LogP contribution in [0.1, 0.15) is 34.6 Å². The number of phenols is 1. The standard InChI is InChI=1S/C22H20N2O7/c1-11(2)19(26)23-13-8-9-14(17(25)10-13)22(30)31-18-15(21(28)29)6-5-7-16(18)24-20(27)12(3)4/h5-10,25H,1,3H2,2,4H3,(H,23,26)(H,24,27)(H,28,29). The van der Waals surface area contributed by atoms with Crippen LogP contribution in [-0.2, 0) is 9.59 Å². The molecule has 0 heterocycles. The van der Waals surface area contributed by atoms with E-state index in [4.69, 9.17) is 4.74 Å². The van der Waals surface area contributed by atoms with Crippen molar-refractivity contribution in [2.75, 3.05) is 10.6 Å². The third kappa shape index (κ3) is 5.57. The van der Waals surface area contributed by atoms with E-state index in [0.717, 1.165) is 6.07 Å². The summed E-state index contributed by atoms with van der Waals surface area (Å²) in [4.78, 5) is 47.8. The van der Waals surface area contributed by atoms with Crippen LogP contribution >= 0.6 is 0 Å². The van der Waals surface area contributed by atoms with Gasteiger partial charge in [-0.25, -0.2) is 9.59 Å². The lowest BCUT2D eigenvalue weighted by molar-refractivity contribution is -0.113. The van der Waals surface area contributed by atoms with Crippen LogP contribution in [0.3, 0.4) is 0 Å². The van der Waals surface area contributed by atoms with Gasteiger partial charge in [0.2, 0.25) is 0 Å². The monoisotopic (exact) mass is 424 g/mol. The number of hydrogen-bond donors (Lipinski definition) is 4. The number of carboxylic acid groups (broad SMARTS) is 1. The minimum absolute atomic E-state index is 0.0638. The summed E-state index contributed by atoms with van der Waals surface area (Å²) in [7, 11) is 0. The quantitative estimate of drug-likeness (QED) is 0.303. The van der Waals surface area contributed by atoms with Crippen molar-refractivity contribution in [2.24, 2.45) is 0 Å². The average molecular weight is 424 g/mol. The molecule has 0 bridgehead atoms. The number of aromatic carboxylic acids is 1. The Labute approximate surface area is 177 Å². The fraction of sp³-hybridized carbons (Fsp3) is 0.0909. The van der Waals surface area contributed by atoms with Crippen LogP contribution < -0.4 is 15.4 Å². The summed E-state index contributed by atoms with van der Waals surface area (Å²) >= 11 is 0. The van der Waals surface area contributed by atoms with E-state index < -0.39 is 35.3 Å². The van der Waals surface area contributed by atoms with E-state index in [1.54, 1.807) is 0 Å². The molecule has 31 heavy (non-hydrogen) atoms. The number of aromatic hydroxyl groups is 1. The maximum atomic E-state index is 12.6. The molecule has 2 aromatic carbocycles. The number of anilines is 2. The second-order valence-electron chi connectivity index (χ2n) is 6.58. The summed E-state index contributed by atoms with van der Waals surface area (Å²) in [6.45, 7) is 9.95. The molecule has 0 aromatic heterocycles. The lowest BCUT2D eigenvalue weighted by Crippen LogP contribution is -2.17. The Morgan fingerprint density at radius 2 is 1.52 bits per heavy atom. The first-order valence-corrected chi connectivity index (χ1v) is 8.86. The zero-order valence-electron chi connectivity index (χ0n) is 16.8. The summed E-state index contributed by atoms with van der Waals surface area (Å²) < 4.78 is 5.22. The first-order chi connectivity index (χ1) is 14.5. The Morgan fingerprint density at radius 1 is 0.903 bits per heavy atom. The third-order valence-electron chi connectivity index (χ3n) is 3.94. The van der Waals surface area contributed by atoms with E-state index >= 15 is 0 Å². The lowest BCUT2D eigenvalue weighted by atomic mass is 10.1. The zero-order valence-corrected chi connectivity index (χ0v) is 16.8. The number of hydrogen-bond acceptors (Lipinski definition) is 6. The van der Waals surface area contributed by atoms with Crippen molar-refractivity contribution in [3.8, 4) is 11.5 Å². The smallest absolute Gasteiger partial charge is 0.347 e. The van der Waals surface area contributed by atoms with E-state index in [2.05, 4.69) is 23.8 Å². The van der Waals surface area contributed by atoms with Crippen LogP contribution in [0.2, 0.25) is 0 Å². The highest BCUT2D eigenvalue weighted by Gasteiger charge is 2.22. The maximum absolute atomic E-state index is 12.6. The highest BCUT2D eigenvalue weighted by molar-refractivity contribution is 6.06. The van der Waals surface area contributed by atoms with Gasteiger partial charge in [-0.2, -0.15) is 0 Å². The summed E-state index contributed by atoms with van der Waals surface area (Å²) in [6.07, 6.45) is 0. The van der Waals surface area contributed by atoms with Crippen LogP contribution in [0.25, 0.3) is 0 Å². The SMILES string of the molecule is C=C(C)C(=O)Nc1ccc(C(=O)Oc2c(NC(=O)C(=C)C)cccc2C(=O)O)c(O)c1. The topological polar surface area (TPSA) is 142 Å². The minimum atomic E-state index is -1.39. The maximum Gasteiger partial charge on any atom is 0.347 e. The molecule has 0 aliphatic carbocycles. The number of carboxylic acids is 1. The summed E-state index contributed by atoms with van der Waals surface area (Å²) in [6, 6.07) is 7.59. The molecule has 0 aliphatic rings. The van der Waals surface area contributed by atoms with Crippen LogP contribution in [-0.4, -0.2) is 34.0 Å². The molecule has 9 nitrogen and oxygen atoms in total. The number of carbonyl (C=O) groups is 4. The first kappa shape index (κ1) is 22.9. The zero-order chi connectivity index (χ0) is 23.3. The third-order valence-corrected chi connectivity index (χ3v) is 3.94. The molecular formula is C22H20N2O7. The highest BCUT2D eigenvalue weighted by atomic mass is 16.5. The van der Waals surface area contributed by atoms with Gasteiger partial charge in [-0.05, 0) is 38.1 Å². The van der Waals surface area contributed by atoms with E-state index in [1.165, 1.54) is 44.2 Å². The van der Waals surface area contributed by atoms with Crippen molar-refractivity contribution in [1.29, 1.82) is 0 Å². The Kier molecular flexibility index (Phi) is 6.94. The van der Waals surface area contributed by atoms with Crippen LogP contribution in [0.5, 0.6) is 11.5 Å². The molecule has 0 fully saturated rings. The average Bonchev–Trinajstić information content (AvgIpc) is 2.68. The van der Waals surface area contributed by atoms with Crippen molar-refractivity contribution < 1.29 is 34.1 Å². The minimum Gasteiger partial charge on any atom is -0.507 e. The summed E-state index contributed by atoms with van der Waals surface area (Å²) in [5.41, 5.74) is -0.113. The largest absolute Gasteiger partial charge is 0.507 e. The number of rotatable bonds is 7. The first-order valence-electron chi connectivity index (χ1n) is 8.86. The van der Waals surface area contributed by atoms with Gasteiger partial charge < -0.3 is 25.6 Å². The number of para-hydroxylation sites is 1. The summed E-state index contributed by atoms with van der Waals surface area (Å²) in [5, 5.41) is 24.5. The molecule has 2 amide bonds. The highest BCUT2D eigenvalue weighted by Crippen LogP contribution is 2.32. The Bertz CT molecular complexity index is 1120. The number of ether oxygens (including phenoxy) is 1. The van der Waals surface area contributed by atoms with E-state index in [1.807, 2.05) is 0 Å². The molecule has 2 rings (SSSR count). The van der Waals surface area contributed by atoms with Crippen molar-refractivity contribution >= 4 is 35.1 Å². The van der Waals surface area contributed by atoms with Crippen molar-refractivity contribution in [2.45, 2.75) is 13.8 Å². The predicted octanol–water partition coefficient (Wildman–Crippen LogP) is 3.34. The van der Waals surface area contributed by atoms with Crippen molar-refractivity contribution in [3.05, 3.63) is 71.8 Å². The van der Waals surface area contributed by atoms with Gasteiger partial charge in [-0.1, -0.05) is 19.2 Å². The molecule has 0 saturated heterocycles. The van der Waals surface area contributed by atoms with Crippen LogP contribution in [0.4, 0.5) is 11.4 Å². The predicted molar refractivity (Wildman–Crippen MR) is 113 cm³/mol. The van der Waals surface area contributed by atoms with Gasteiger partial charge in [0.25, 0.3) is 11.8 Å². The van der Waals surface area contributed by atoms with E-state index in [0.29, 0.717) is 0 Å². The molecule has 4 N–H and O–H groups in total. The molecular weight excluding hydrogens is 404 g/mol. The molecule has 9 heteroatoms. The number of carbonyl (C=O) groups excluding carboxylic acids is 3. The summed E-state index contributed by atoms with van der Waals surface area (Å²) in [5.74, 6) is -4.45. The lowest BCUT2D eigenvalue weighted by Gasteiger charge is -2.14. The van der Waals surface area contributed by atoms with Crippen LogP contribution in [0.15, 0.2) is 60.7 Å². The normalized spacial score (nSPS) is 10.0. The molecule has 2 aromatic rings. The van der Waals surface area contributed by atoms with Gasteiger partial charge in [-0.3, -0.25) is 9.59 Å². The fourth-order valence-electron chi connectivity index (χ4n) is 2.31. The molecule has 160 valence electrons. The molecule has 0 atom stereocenters. The van der Waals surface area contributed by atoms with Gasteiger partial charge >= 0.3 is 11.9 Å². The molecule has 0 unspecified atom stereocenters. The van der Waals surface area contributed by atoms with Gasteiger partial charge in [0.1, 0.15) is 16.9 Å². The van der Waals surface area contributed by atoms with E-state index in [9.17, 15) is 29.4 Å². The van der Waals surface area contributed by atoms with Gasteiger partial charge in [0, 0.05) is 22.9 Å². The van der Waals surface area contributed by atoms with Crippen molar-refractivity contribution in [3.63, 3.8) is 0 Å². The molecule has 0 aliphatic heterocycles. The Balaban J connectivity index is 2.37. The molecule has 0 saturated carbocycles. The molecule has 0 spiro atoms. The number of amides is 2. The Morgan fingerprint density at radius 3 is 2.06 bits per heavy atom. The molecule has 0 radical (unpaired) electrons. The van der Waals surface area contributed by atoms with Gasteiger partial charge in [-0.15, -0.1) is 0 Å². The second-order valence-corrected chi connectivity index (χ2v) is 6.58. The second kappa shape index (κ2) is 9.40. The number of benzene rings is 2. The van der Waals surface area contributed by atoms with E-state index in [-0.39, 0.29) is 33.6 Å². The number of esters is 1. The number of phenolic OH excluding ortho intramolecular Hbond substituents is 1. The van der Waals surface area contributed by atoms with Crippen molar-refractivity contribution in [1.82, 2.24) is 0 Å². The van der Waals surface area contributed by atoms with Crippen LogP contribution in [0, 0.1) is 0 Å². The van der Waals surface area contributed by atoms with Gasteiger partial charge in [0.15, 0.2) is 5.75 Å². The van der Waals surface area contributed by atoms with Gasteiger partial charge in [0.05, 0.1) is 5.69 Å². The number of nitrogens with one attached hydrogen (secondary N) is 2. The Hall–Kier alpha value is -4.40.